The zero-order valence-corrected chi connectivity index (χ0v) is 14.2. The van der Waals surface area contributed by atoms with E-state index in [0.29, 0.717) is 6.54 Å². The minimum atomic E-state index is -0.879. The smallest absolute Gasteiger partial charge is 0.318 e. The first-order valence-corrected chi connectivity index (χ1v) is 9.58. The highest BCUT2D eigenvalue weighted by atomic mass is 32.2. The molecule has 1 N–H and O–H groups in total. The Balaban J connectivity index is 1.64. The molecule has 122 valence electrons. The summed E-state index contributed by atoms with van der Waals surface area (Å²) in [6, 6.07) is 4.25. The molecule has 22 heavy (non-hydrogen) atoms. The maximum absolute atomic E-state index is 12.6. The Kier molecular flexibility index (Phi) is 4.30. The molecule has 1 saturated carbocycles. The van der Waals surface area contributed by atoms with E-state index in [2.05, 4.69) is 16.0 Å². The molecule has 0 radical (unpaired) electrons. The van der Waals surface area contributed by atoms with Crippen molar-refractivity contribution in [3.8, 4) is 0 Å². The third-order valence-electron chi connectivity index (χ3n) is 5.28. The summed E-state index contributed by atoms with van der Waals surface area (Å²) >= 11 is 0. The van der Waals surface area contributed by atoms with Gasteiger partial charge >= 0.3 is 6.03 Å². The van der Waals surface area contributed by atoms with E-state index in [4.69, 9.17) is 0 Å². The fourth-order valence-corrected chi connectivity index (χ4v) is 4.75. The number of nitrogens with one attached hydrogen (secondary N) is 1. The zero-order valence-electron chi connectivity index (χ0n) is 13.4. The van der Waals surface area contributed by atoms with Crippen LogP contribution in [0.15, 0.2) is 18.3 Å². The van der Waals surface area contributed by atoms with Crippen molar-refractivity contribution in [1.82, 2.24) is 14.8 Å². The molecule has 0 aromatic carbocycles. The number of hydrogen-bond acceptors (Lipinski definition) is 2. The fraction of sp³-hybridized carbons (Fsp3) is 0.688. The van der Waals surface area contributed by atoms with Crippen LogP contribution >= 0.6 is 0 Å². The molecule has 2 unspecified atom stereocenters. The standard InChI is InChI=1S/C16H25N3O2S/c1-18-10-3-6-13(18)14-7-4-11-19(14)15(20)17-12-16(22(2)21)8-5-9-16/h3,6,10,14H,4-5,7-9,11-12H2,1-2H3,(H,17,20). The quantitative estimate of drug-likeness (QED) is 0.923. The van der Waals surface area contributed by atoms with Gasteiger partial charge in [0.1, 0.15) is 0 Å². The molecule has 2 atom stereocenters. The Morgan fingerprint density at radius 2 is 2.23 bits per heavy atom. The van der Waals surface area contributed by atoms with Crippen molar-refractivity contribution in [2.24, 2.45) is 7.05 Å². The van der Waals surface area contributed by atoms with Crippen LogP contribution in [0.4, 0.5) is 4.79 Å². The molecule has 2 fully saturated rings. The van der Waals surface area contributed by atoms with Gasteiger partial charge in [0.05, 0.1) is 10.8 Å². The first kappa shape index (κ1) is 15.6. The number of aryl methyl sites for hydroxylation is 1. The van der Waals surface area contributed by atoms with Gasteiger partial charge in [0.25, 0.3) is 0 Å². The number of urea groups is 1. The predicted molar refractivity (Wildman–Crippen MR) is 88.1 cm³/mol. The summed E-state index contributed by atoms with van der Waals surface area (Å²) in [5, 5.41) is 3.04. The molecule has 0 spiro atoms. The third kappa shape index (κ3) is 2.69. The van der Waals surface area contributed by atoms with Gasteiger partial charge in [-0.05, 0) is 37.8 Å². The second-order valence-corrected chi connectivity index (χ2v) is 8.32. The first-order valence-electron chi connectivity index (χ1n) is 8.03. The van der Waals surface area contributed by atoms with E-state index in [1.54, 1.807) is 6.26 Å². The number of rotatable bonds is 4. The van der Waals surface area contributed by atoms with E-state index in [0.717, 1.165) is 38.6 Å². The third-order valence-corrected chi connectivity index (χ3v) is 7.05. The van der Waals surface area contributed by atoms with Crippen molar-refractivity contribution in [2.45, 2.75) is 42.9 Å². The van der Waals surface area contributed by atoms with E-state index in [1.165, 1.54) is 5.69 Å². The van der Waals surface area contributed by atoms with E-state index in [1.807, 2.05) is 24.2 Å². The average Bonchev–Trinajstić information content (AvgIpc) is 3.04. The highest BCUT2D eigenvalue weighted by Crippen LogP contribution is 2.37. The number of hydrogen-bond donors (Lipinski definition) is 1. The van der Waals surface area contributed by atoms with Crippen molar-refractivity contribution in [3.05, 3.63) is 24.0 Å². The van der Waals surface area contributed by atoms with Crippen molar-refractivity contribution in [3.63, 3.8) is 0 Å². The molecular weight excluding hydrogens is 298 g/mol. The summed E-state index contributed by atoms with van der Waals surface area (Å²) < 4.78 is 13.8. The highest BCUT2D eigenvalue weighted by Gasteiger charge is 2.42. The summed E-state index contributed by atoms with van der Waals surface area (Å²) in [5.41, 5.74) is 1.19. The van der Waals surface area contributed by atoms with Gasteiger partial charge in [-0.3, -0.25) is 4.21 Å². The molecular formula is C16H25N3O2S. The van der Waals surface area contributed by atoms with Crippen LogP contribution in [0.1, 0.15) is 43.8 Å². The largest absolute Gasteiger partial charge is 0.353 e. The van der Waals surface area contributed by atoms with Crippen LogP contribution in [0.5, 0.6) is 0 Å². The van der Waals surface area contributed by atoms with E-state index in [-0.39, 0.29) is 16.8 Å². The SMILES string of the molecule is Cn1cccc1C1CCCN1C(=O)NCC1(S(C)=O)CCC1. The number of nitrogens with zero attached hydrogens (tertiary/aromatic N) is 2. The minimum absolute atomic E-state index is 0.0135. The van der Waals surface area contributed by atoms with E-state index < -0.39 is 10.8 Å². The molecule has 0 bridgehead atoms. The molecule has 5 nitrogen and oxygen atoms in total. The fourth-order valence-electron chi connectivity index (χ4n) is 3.61. The molecule has 1 aliphatic carbocycles. The van der Waals surface area contributed by atoms with Crippen LogP contribution in [0.2, 0.25) is 0 Å². The predicted octanol–water partition coefficient (Wildman–Crippen LogP) is 2.17. The summed E-state index contributed by atoms with van der Waals surface area (Å²) in [6.45, 7) is 1.33. The average molecular weight is 323 g/mol. The van der Waals surface area contributed by atoms with Crippen molar-refractivity contribution < 1.29 is 9.00 Å². The second-order valence-electron chi connectivity index (χ2n) is 6.54. The molecule has 3 rings (SSSR count). The Hall–Kier alpha value is -1.30. The van der Waals surface area contributed by atoms with Crippen LogP contribution < -0.4 is 5.32 Å². The summed E-state index contributed by atoms with van der Waals surface area (Å²) in [7, 11) is 1.14. The molecule has 2 heterocycles. The highest BCUT2D eigenvalue weighted by molar-refractivity contribution is 7.85. The molecule has 1 aliphatic heterocycles. The van der Waals surface area contributed by atoms with Crippen LogP contribution in [-0.2, 0) is 17.8 Å². The van der Waals surface area contributed by atoms with Gasteiger partial charge in [0, 0.05) is 49.1 Å². The summed E-state index contributed by atoms with van der Waals surface area (Å²) in [5.74, 6) is 0. The lowest BCUT2D eigenvalue weighted by molar-refractivity contribution is 0.187. The van der Waals surface area contributed by atoms with E-state index >= 15 is 0 Å². The van der Waals surface area contributed by atoms with Gasteiger partial charge in [-0.25, -0.2) is 4.79 Å². The molecule has 1 aromatic rings. The lowest BCUT2D eigenvalue weighted by Gasteiger charge is -2.40. The van der Waals surface area contributed by atoms with Crippen molar-refractivity contribution >= 4 is 16.8 Å². The van der Waals surface area contributed by atoms with Gasteiger partial charge < -0.3 is 14.8 Å². The molecule has 1 aromatic heterocycles. The lowest BCUT2D eigenvalue weighted by atomic mass is 9.84. The summed E-state index contributed by atoms with van der Waals surface area (Å²) in [4.78, 5) is 14.5. The van der Waals surface area contributed by atoms with Crippen LogP contribution in [0.25, 0.3) is 0 Å². The Morgan fingerprint density at radius 3 is 2.77 bits per heavy atom. The summed E-state index contributed by atoms with van der Waals surface area (Å²) in [6.07, 6.45) is 8.85. The number of carbonyl (C=O) groups excluding carboxylic acids is 1. The number of carbonyl (C=O) groups is 1. The molecule has 2 amide bonds. The van der Waals surface area contributed by atoms with Gasteiger partial charge in [-0.1, -0.05) is 6.42 Å². The maximum Gasteiger partial charge on any atom is 0.318 e. The molecule has 6 heteroatoms. The Labute approximate surface area is 134 Å². The Morgan fingerprint density at radius 1 is 1.45 bits per heavy atom. The molecule has 2 aliphatic rings. The topological polar surface area (TPSA) is 54.3 Å². The Bertz CT molecular complexity index is 580. The number of amides is 2. The van der Waals surface area contributed by atoms with Gasteiger partial charge in [-0.2, -0.15) is 0 Å². The monoisotopic (exact) mass is 323 g/mol. The van der Waals surface area contributed by atoms with Gasteiger partial charge in [0.15, 0.2) is 0 Å². The van der Waals surface area contributed by atoms with Crippen molar-refractivity contribution in [2.75, 3.05) is 19.3 Å². The van der Waals surface area contributed by atoms with Gasteiger partial charge in [-0.15, -0.1) is 0 Å². The van der Waals surface area contributed by atoms with Crippen molar-refractivity contribution in [1.29, 1.82) is 0 Å². The second kappa shape index (κ2) is 6.07. The lowest BCUT2D eigenvalue weighted by Crippen LogP contribution is -2.53. The normalized spacial score (nSPS) is 24.8. The van der Waals surface area contributed by atoms with Gasteiger partial charge in [0.2, 0.25) is 0 Å². The minimum Gasteiger partial charge on any atom is -0.353 e. The van der Waals surface area contributed by atoms with E-state index in [9.17, 15) is 9.00 Å². The number of aromatic nitrogens is 1. The van der Waals surface area contributed by atoms with Crippen LogP contribution in [-0.4, -0.2) is 43.8 Å². The first-order chi connectivity index (χ1) is 10.5. The molecule has 1 saturated heterocycles. The number of likely N-dealkylation sites (tertiary alicyclic amines) is 1. The maximum atomic E-state index is 12.6. The van der Waals surface area contributed by atoms with Crippen LogP contribution in [0.3, 0.4) is 0 Å². The van der Waals surface area contributed by atoms with Crippen LogP contribution in [0, 0.1) is 0 Å². The zero-order chi connectivity index (χ0) is 15.7.